The van der Waals surface area contributed by atoms with Crippen molar-refractivity contribution in [3.63, 3.8) is 0 Å². The lowest BCUT2D eigenvalue weighted by atomic mass is 9.90. The van der Waals surface area contributed by atoms with Gasteiger partial charge in [-0.05, 0) is 48.4 Å². The summed E-state index contributed by atoms with van der Waals surface area (Å²) < 4.78 is 1.61. The molecule has 2 aliphatic heterocycles. The average molecular weight is 445 g/mol. The molecule has 0 bridgehead atoms. The van der Waals surface area contributed by atoms with Crippen LogP contribution < -0.4 is 0 Å². The maximum Gasteiger partial charge on any atom is 0.257 e. The maximum absolute atomic E-state index is 13.6. The number of tetrazole rings is 1. The number of aromatic nitrogens is 4. The lowest BCUT2D eigenvalue weighted by Crippen LogP contribution is -2.34. The zero-order valence-corrected chi connectivity index (χ0v) is 18.9. The van der Waals surface area contributed by atoms with Crippen molar-refractivity contribution in [1.29, 1.82) is 0 Å². The van der Waals surface area contributed by atoms with Gasteiger partial charge in [-0.3, -0.25) is 9.69 Å². The second-order valence-corrected chi connectivity index (χ2v) is 9.35. The Labute approximate surface area is 186 Å². The molecule has 0 aliphatic carbocycles. The van der Waals surface area contributed by atoms with Gasteiger partial charge in [-0.1, -0.05) is 30.3 Å². The Bertz CT molecular complexity index is 1040. The van der Waals surface area contributed by atoms with Gasteiger partial charge in [0, 0.05) is 36.5 Å². The van der Waals surface area contributed by atoms with Crippen molar-refractivity contribution in [1.82, 2.24) is 30.0 Å². The van der Waals surface area contributed by atoms with Crippen molar-refractivity contribution in [2.24, 2.45) is 11.8 Å². The highest BCUT2D eigenvalue weighted by Gasteiger charge is 2.47. The molecule has 3 atom stereocenters. The van der Waals surface area contributed by atoms with Gasteiger partial charge in [0.15, 0.2) is 0 Å². The van der Waals surface area contributed by atoms with Crippen molar-refractivity contribution in [2.75, 3.05) is 26.7 Å². The molecule has 4 heterocycles. The number of fused-ring (bicyclic) bond motifs is 1. The Kier molecular flexibility index (Phi) is 5.65. The highest BCUT2D eigenvalue weighted by molar-refractivity contribution is 7.15. The van der Waals surface area contributed by atoms with E-state index < -0.39 is 0 Å². The van der Waals surface area contributed by atoms with Crippen LogP contribution in [0, 0.1) is 25.7 Å². The van der Waals surface area contributed by atoms with E-state index in [2.05, 4.69) is 57.8 Å². The lowest BCUT2D eigenvalue weighted by molar-refractivity contribution is 0.0767. The van der Waals surface area contributed by atoms with Crippen LogP contribution in [-0.2, 0) is 0 Å². The molecule has 2 saturated heterocycles. The van der Waals surface area contributed by atoms with Crippen molar-refractivity contribution in [3.05, 3.63) is 58.2 Å². The minimum atomic E-state index is 0. The zero-order valence-electron chi connectivity index (χ0n) is 17.2. The summed E-state index contributed by atoms with van der Waals surface area (Å²) in [7, 11) is 2.20. The fourth-order valence-corrected chi connectivity index (χ4v) is 6.07. The van der Waals surface area contributed by atoms with Crippen LogP contribution in [0.5, 0.6) is 0 Å². The molecule has 2 aliphatic rings. The van der Waals surface area contributed by atoms with Gasteiger partial charge in [0.1, 0.15) is 11.3 Å². The third kappa shape index (κ3) is 3.33. The molecule has 0 spiro atoms. The second-order valence-electron chi connectivity index (χ2n) is 8.15. The molecule has 7 nitrogen and oxygen atoms in total. The van der Waals surface area contributed by atoms with E-state index in [1.807, 2.05) is 18.7 Å². The number of thiophene rings is 1. The van der Waals surface area contributed by atoms with Crippen molar-refractivity contribution in [3.8, 4) is 5.00 Å². The quantitative estimate of drug-likeness (QED) is 0.620. The molecule has 1 aromatic carbocycles. The molecular weight excluding hydrogens is 420 g/mol. The monoisotopic (exact) mass is 444 g/mol. The fourth-order valence-electron chi connectivity index (χ4n) is 5.01. The molecule has 0 unspecified atom stereocenters. The number of aryl methyl sites for hydroxylation is 1. The Hall–Kier alpha value is -2.29. The molecule has 0 radical (unpaired) electrons. The topological polar surface area (TPSA) is 67.2 Å². The minimum Gasteiger partial charge on any atom is -0.338 e. The molecule has 0 N–H and O–H groups in total. The largest absolute Gasteiger partial charge is 0.338 e. The molecule has 9 heteroatoms. The first-order chi connectivity index (χ1) is 14.0. The van der Waals surface area contributed by atoms with E-state index in [1.165, 1.54) is 5.56 Å². The summed E-state index contributed by atoms with van der Waals surface area (Å²) in [5, 5.41) is 12.3. The lowest BCUT2D eigenvalue weighted by Gasteiger charge is -2.27. The van der Waals surface area contributed by atoms with Gasteiger partial charge in [-0.15, -0.1) is 28.8 Å². The van der Waals surface area contributed by atoms with E-state index in [4.69, 9.17) is 0 Å². The van der Waals surface area contributed by atoms with E-state index in [-0.39, 0.29) is 18.3 Å². The highest BCUT2D eigenvalue weighted by Crippen LogP contribution is 2.44. The van der Waals surface area contributed by atoms with Gasteiger partial charge in [0.05, 0.1) is 5.56 Å². The highest BCUT2D eigenvalue weighted by atomic mass is 35.5. The molecule has 1 amide bonds. The van der Waals surface area contributed by atoms with Crippen molar-refractivity contribution in [2.45, 2.75) is 19.9 Å². The SMILES string of the molecule is Cc1sc(-n2cnnn2)c(C(=O)N2C[C@@H]3CN(C)[C@@H](c4ccccc4)[C@@H]3C2)c1C.Cl. The van der Waals surface area contributed by atoms with Gasteiger partial charge >= 0.3 is 0 Å². The summed E-state index contributed by atoms with van der Waals surface area (Å²) in [5.74, 6) is 1.06. The van der Waals surface area contributed by atoms with Crippen LogP contribution in [0.1, 0.15) is 32.4 Å². The van der Waals surface area contributed by atoms with Crippen LogP contribution in [0.25, 0.3) is 5.00 Å². The Morgan fingerprint density at radius 1 is 1.13 bits per heavy atom. The number of likely N-dealkylation sites (tertiary alicyclic amines) is 2. The van der Waals surface area contributed by atoms with Crippen LogP contribution in [0.3, 0.4) is 0 Å². The van der Waals surface area contributed by atoms with Gasteiger partial charge in [-0.2, -0.15) is 4.68 Å². The molecule has 158 valence electrons. The predicted octanol–water partition coefficient (Wildman–Crippen LogP) is 3.14. The number of carbonyl (C=O) groups is 1. The average Bonchev–Trinajstić information content (AvgIpc) is 3.47. The van der Waals surface area contributed by atoms with Crippen molar-refractivity contribution >= 4 is 29.7 Å². The number of hydrogen-bond donors (Lipinski definition) is 0. The van der Waals surface area contributed by atoms with Gasteiger partial charge in [-0.25, -0.2) is 0 Å². The van der Waals surface area contributed by atoms with Crippen LogP contribution in [-0.4, -0.2) is 62.6 Å². The number of rotatable bonds is 3. The molecular formula is C21H25ClN6OS. The molecule has 0 saturated carbocycles. The van der Waals surface area contributed by atoms with Gasteiger partial charge in [0.2, 0.25) is 0 Å². The van der Waals surface area contributed by atoms with Crippen molar-refractivity contribution < 1.29 is 4.79 Å². The van der Waals surface area contributed by atoms with Crippen LogP contribution in [0.4, 0.5) is 0 Å². The smallest absolute Gasteiger partial charge is 0.257 e. The molecule has 2 fully saturated rings. The third-order valence-corrected chi connectivity index (χ3v) is 7.66. The number of hydrogen-bond acceptors (Lipinski definition) is 6. The number of nitrogens with zero attached hydrogens (tertiary/aromatic N) is 6. The summed E-state index contributed by atoms with van der Waals surface area (Å²) in [4.78, 5) is 19.2. The number of halogens is 1. The third-order valence-electron chi connectivity index (χ3n) is 6.46. The van der Waals surface area contributed by atoms with Gasteiger partial charge < -0.3 is 4.90 Å². The summed E-state index contributed by atoms with van der Waals surface area (Å²) in [6, 6.07) is 11.0. The standard InChI is InChI=1S/C21H24N6OS.ClH/c1-13-14(2)29-21(27-12-22-23-24-27)18(13)20(28)26-10-16-9-25(3)19(17(16)11-26)15-7-5-4-6-8-15;/h4-8,12,16-17,19H,9-11H2,1-3H3;1H/t16-,17+,19-;/m0./s1. The molecule has 3 aromatic rings. The van der Waals surface area contributed by atoms with Crippen LogP contribution in [0.15, 0.2) is 36.7 Å². The summed E-state index contributed by atoms with van der Waals surface area (Å²) in [6.07, 6.45) is 1.56. The first-order valence-electron chi connectivity index (χ1n) is 9.92. The first kappa shape index (κ1) is 21.0. The van der Waals surface area contributed by atoms with E-state index in [1.54, 1.807) is 22.3 Å². The van der Waals surface area contributed by atoms with Crippen LogP contribution in [0.2, 0.25) is 0 Å². The minimum absolute atomic E-state index is 0. The molecule has 30 heavy (non-hydrogen) atoms. The van der Waals surface area contributed by atoms with E-state index >= 15 is 0 Å². The summed E-state index contributed by atoms with van der Waals surface area (Å²) >= 11 is 1.57. The number of benzene rings is 1. The Balaban J connectivity index is 0.00000218. The summed E-state index contributed by atoms with van der Waals surface area (Å²) in [5.41, 5.74) is 3.11. The number of amides is 1. The molecule has 2 aromatic heterocycles. The maximum atomic E-state index is 13.6. The summed E-state index contributed by atoms with van der Waals surface area (Å²) in [6.45, 7) is 6.68. The van der Waals surface area contributed by atoms with E-state index in [0.717, 1.165) is 40.6 Å². The van der Waals surface area contributed by atoms with E-state index in [9.17, 15) is 4.79 Å². The molecule has 5 rings (SSSR count). The Morgan fingerprint density at radius 3 is 2.60 bits per heavy atom. The first-order valence-corrected chi connectivity index (χ1v) is 10.7. The fraction of sp³-hybridized carbons (Fsp3) is 0.429. The van der Waals surface area contributed by atoms with Crippen LogP contribution >= 0.6 is 23.7 Å². The second kappa shape index (κ2) is 8.09. The Morgan fingerprint density at radius 2 is 1.90 bits per heavy atom. The van der Waals surface area contributed by atoms with Gasteiger partial charge in [0.25, 0.3) is 5.91 Å². The zero-order chi connectivity index (χ0) is 20.1. The predicted molar refractivity (Wildman–Crippen MR) is 118 cm³/mol. The van der Waals surface area contributed by atoms with E-state index in [0.29, 0.717) is 17.9 Å². The number of carbonyl (C=O) groups excluding carboxylic acids is 1. The normalized spacial score (nSPS) is 23.4.